The van der Waals surface area contributed by atoms with Crippen LogP contribution in [0.4, 0.5) is 34.1 Å². The van der Waals surface area contributed by atoms with Crippen molar-refractivity contribution in [2.24, 2.45) is 0 Å². The van der Waals surface area contributed by atoms with Gasteiger partial charge in [-0.3, -0.25) is 0 Å². The van der Waals surface area contributed by atoms with Gasteiger partial charge in [0.1, 0.15) is 0 Å². The van der Waals surface area contributed by atoms with Crippen LogP contribution >= 0.6 is 0 Å². The summed E-state index contributed by atoms with van der Waals surface area (Å²) in [5.74, 6) is 0.432. The molecular weight excluding hydrogens is 1160 g/mol. The van der Waals surface area contributed by atoms with Crippen molar-refractivity contribution in [3.63, 3.8) is 0 Å². The Kier molecular flexibility index (Phi) is 20.0. The number of nitrogens with zero attached hydrogens (tertiary/aromatic N) is 2. The van der Waals surface area contributed by atoms with Gasteiger partial charge in [0, 0.05) is 38.9 Å². The molecule has 11 aromatic rings. The molecule has 492 valence electrons. The van der Waals surface area contributed by atoms with Crippen molar-refractivity contribution in [3.05, 3.63) is 251 Å². The fourth-order valence-electron chi connectivity index (χ4n) is 16.6. The first-order chi connectivity index (χ1) is 46.9. The second kappa shape index (κ2) is 28.9. The summed E-state index contributed by atoms with van der Waals surface area (Å²) in [5, 5.41) is 7.38. The Bertz CT molecular complexity index is 4500. The first-order valence-electron chi connectivity index (χ1n) is 37.7. The number of rotatable bonds is 29. The number of fused-ring (bicyclic) bond motifs is 9. The van der Waals surface area contributed by atoms with E-state index in [1.165, 1.54) is 208 Å². The Morgan fingerprint density at radius 2 is 0.792 bits per heavy atom. The molecule has 2 heteroatoms. The van der Waals surface area contributed by atoms with Gasteiger partial charge in [-0.25, -0.2) is 0 Å². The molecule has 0 heterocycles. The third-order valence-corrected chi connectivity index (χ3v) is 23.8. The summed E-state index contributed by atoms with van der Waals surface area (Å²) in [4.78, 5) is 5.12. The quantitative estimate of drug-likeness (QED) is 0.0341. The van der Waals surface area contributed by atoms with E-state index < -0.39 is 0 Å². The van der Waals surface area contributed by atoms with E-state index in [1.54, 1.807) is 11.1 Å². The van der Waals surface area contributed by atoms with Gasteiger partial charge in [0.15, 0.2) is 0 Å². The lowest BCUT2D eigenvalue weighted by molar-refractivity contribution is 0.395. The van der Waals surface area contributed by atoms with Crippen LogP contribution in [0.25, 0.3) is 65.7 Å². The highest BCUT2D eigenvalue weighted by Gasteiger charge is 2.43. The lowest BCUT2D eigenvalue weighted by Crippen LogP contribution is -2.27. The van der Waals surface area contributed by atoms with Crippen LogP contribution in [0, 0.1) is 0 Å². The molecule has 2 aliphatic carbocycles. The zero-order valence-electron chi connectivity index (χ0n) is 59.8. The number of unbranched alkanes of at least 4 members (excludes halogenated alkanes) is 10. The van der Waals surface area contributed by atoms with Crippen molar-refractivity contribution < 1.29 is 0 Å². The molecule has 0 spiro atoms. The van der Waals surface area contributed by atoms with Crippen LogP contribution in [-0.2, 0) is 29.1 Å². The van der Waals surface area contributed by atoms with Crippen molar-refractivity contribution in [1.82, 2.24) is 0 Å². The Morgan fingerprint density at radius 1 is 0.344 bits per heavy atom. The maximum atomic E-state index is 2.72. The van der Waals surface area contributed by atoms with Crippen molar-refractivity contribution in [2.75, 3.05) is 9.80 Å². The molecular formula is C94H106N2. The van der Waals surface area contributed by atoms with Gasteiger partial charge in [-0.1, -0.05) is 292 Å². The summed E-state index contributed by atoms with van der Waals surface area (Å²) in [5.41, 5.74) is 25.5. The minimum absolute atomic E-state index is 0.0443. The van der Waals surface area contributed by atoms with Crippen molar-refractivity contribution in [3.8, 4) is 33.4 Å². The van der Waals surface area contributed by atoms with Crippen LogP contribution in [0.1, 0.15) is 230 Å². The number of hydrogen-bond acceptors (Lipinski definition) is 2. The maximum absolute atomic E-state index is 2.72. The molecule has 2 aliphatic rings. The number of hydrogen-bond donors (Lipinski definition) is 0. The Balaban J connectivity index is 0.987. The molecule has 11 aromatic carbocycles. The summed E-state index contributed by atoms with van der Waals surface area (Å²) in [7, 11) is 0. The summed E-state index contributed by atoms with van der Waals surface area (Å²) in [6, 6.07) is 83.8. The zero-order chi connectivity index (χ0) is 66.6. The minimum atomic E-state index is -0.0443. The number of aryl methyl sites for hydroxylation is 2. The van der Waals surface area contributed by atoms with E-state index in [1.807, 2.05) is 0 Å². The highest BCUT2D eigenvalue weighted by molar-refractivity contribution is 6.24. The largest absolute Gasteiger partial charge is 0.310 e. The minimum Gasteiger partial charge on any atom is -0.310 e. The highest BCUT2D eigenvalue weighted by atomic mass is 15.2. The molecule has 0 unspecified atom stereocenters. The molecule has 0 amide bonds. The van der Waals surface area contributed by atoms with Gasteiger partial charge < -0.3 is 9.80 Å². The predicted molar refractivity (Wildman–Crippen MR) is 419 cm³/mol. The van der Waals surface area contributed by atoms with Crippen LogP contribution in [0.15, 0.2) is 212 Å². The van der Waals surface area contributed by atoms with Crippen LogP contribution in [-0.4, -0.2) is 0 Å². The van der Waals surface area contributed by atoms with Gasteiger partial charge in [-0.2, -0.15) is 0 Å². The van der Waals surface area contributed by atoms with Crippen molar-refractivity contribution in [2.45, 2.75) is 220 Å². The first-order valence-corrected chi connectivity index (χ1v) is 37.7. The molecule has 0 radical (unpaired) electrons. The molecule has 96 heavy (non-hydrogen) atoms. The molecule has 0 atom stereocenters. The van der Waals surface area contributed by atoms with E-state index in [-0.39, 0.29) is 16.2 Å². The van der Waals surface area contributed by atoms with Crippen LogP contribution < -0.4 is 9.80 Å². The molecule has 0 bridgehead atoms. The molecule has 0 saturated carbocycles. The van der Waals surface area contributed by atoms with Gasteiger partial charge in [-0.05, 0) is 229 Å². The molecule has 0 aromatic heterocycles. The topological polar surface area (TPSA) is 6.48 Å². The van der Waals surface area contributed by atoms with Gasteiger partial charge in [0.25, 0.3) is 0 Å². The van der Waals surface area contributed by atoms with Crippen LogP contribution in [0.5, 0.6) is 0 Å². The predicted octanol–water partition coefficient (Wildman–Crippen LogP) is 28.6. The summed E-state index contributed by atoms with van der Waals surface area (Å²) in [6.07, 6.45) is 24.9. The smallest absolute Gasteiger partial charge is 0.0546 e. The van der Waals surface area contributed by atoms with Gasteiger partial charge >= 0.3 is 0 Å². The second-order valence-electron chi connectivity index (χ2n) is 29.7. The van der Waals surface area contributed by atoms with Crippen LogP contribution in [0.3, 0.4) is 0 Å². The van der Waals surface area contributed by atoms with Gasteiger partial charge in [0.05, 0.1) is 11.4 Å². The molecule has 0 N–H and O–H groups in total. The summed E-state index contributed by atoms with van der Waals surface area (Å²) >= 11 is 0. The summed E-state index contributed by atoms with van der Waals surface area (Å²) < 4.78 is 0. The highest BCUT2D eigenvalue weighted by Crippen LogP contribution is 2.57. The molecule has 2 nitrogen and oxygen atoms in total. The van der Waals surface area contributed by atoms with E-state index in [0.717, 1.165) is 48.4 Å². The monoisotopic (exact) mass is 1260 g/mol. The average Bonchev–Trinajstić information content (AvgIpc) is 1.60. The molecule has 0 aliphatic heterocycles. The van der Waals surface area contributed by atoms with Crippen molar-refractivity contribution in [1.29, 1.82) is 0 Å². The van der Waals surface area contributed by atoms with E-state index >= 15 is 0 Å². The van der Waals surface area contributed by atoms with Crippen LogP contribution in [0.2, 0.25) is 0 Å². The Morgan fingerprint density at radius 3 is 1.32 bits per heavy atom. The fourth-order valence-corrected chi connectivity index (χ4v) is 16.6. The van der Waals surface area contributed by atoms with Gasteiger partial charge in [0.2, 0.25) is 0 Å². The molecule has 0 saturated heterocycles. The average molecular weight is 1260 g/mol. The second-order valence-corrected chi connectivity index (χ2v) is 29.7. The van der Waals surface area contributed by atoms with Gasteiger partial charge in [-0.15, -0.1) is 0 Å². The maximum Gasteiger partial charge on any atom is 0.0546 e. The van der Waals surface area contributed by atoms with E-state index in [9.17, 15) is 0 Å². The molecule has 13 rings (SSSR count). The summed E-state index contributed by atoms with van der Waals surface area (Å²) in [6.45, 7) is 23.7. The third kappa shape index (κ3) is 12.8. The Labute approximate surface area is 577 Å². The fraction of sp³-hybridized carbons (Fsp3) is 0.362. The number of benzene rings is 11. The standard InChI is InChI=1S/C94H106N2/c1-11-17-19-21-23-29-57-94(58-30-24-22-20-18-12-2)88-61-73(49-55-82(88)83-56-50-75(63-89(83)94)93(10,15-5)16-6)70-33-31-35-78(60-70)95(77-53-47-69(48-54-77)72-44-42-68-41-43-71(68)59-72)90-64-86-81-38-26-28-40-85(81)91(65-87(86)80-37-25-27-39-84(80)90)96(76-51-45-67(46-52-76)66(7)8)79-36-32-34-74(62-79)92(9,13-3)14-4/h25-28,31-40,42,44-56,59-66H,11-24,29-30,41,43,57-58H2,1-10H3. The lowest BCUT2D eigenvalue weighted by atomic mass is 9.68. The SMILES string of the molecule is CCCCCCCCC1(CCCCCCCC)c2cc(-c3cccc(N(c4ccc(-c5ccc6c(c5)CC6)cc4)c4cc5c6ccccc6c(N(c6ccc(C(C)C)cc6)c6cccc(C(C)(CC)CC)c6)cc5c5ccccc45)c3)ccc2-c2ccc(C(C)(CC)CC)cc21. The van der Waals surface area contributed by atoms with E-state index in [4.69, 9.17) is 0 Å². The van der Waals surface area contributed by atoms with E-state index in [2.05, 4.69) is 291 Å². The molecule has 0 fully saturated rings. The van der Waals surface area contributed by atoms with Crippen molar-refractivity contribution >= 4 is 66.4 Å². The zero-order valence-corrected chi connectivity index (χ0v) is 59.8. The first kappa shape index (κ1) is 66.4. The Hall–Kier alpha value is -8.20. The number of anilines is 6. The normalized spacial score (nSPS) is 13.3. The van der Waals surface area contributed by atoms with E-state index in [0.29, 0.717) is 5.92 Å². The lowest BCUT2D eigenvalue weighted by Gasteiger charge is -2.35. The third-order valence-electron chi connectivity index (χ3n) is 23.8.